The number of hydrogen-bond donors (Lipinski definition) is 1. The largest absolute Gasteiger partial charge is 0.489 e. The second-order valence-corrected chi connectivity index (χ2v) is 6.68. The lowest BCUT2D eigenvalue weighted by Gasteiger charge is -2.29. The molecule has 1 aromatic carbocycles. The van der Waals surface area contributed by atoms with E-state index >= 15 is 0 Å². The number of fused-ring (bicyclic) bond motifs is 1. The molecule has 0 fully saturated rings. The van der Waals surface area contributed by atoms with E-state index in [4.69, 9.17) is 13.9 Å². The van der Waals surface area contributed by atoms with Gasteiger partial charge in [0.25, 0.3) is 0 Å². The van der Waals surface area contributed by atoms with Gasteiger partial charge in [-0.25, -0.2) is 4.79 Å². The third-order valence-electron chi connectivity index (χ3n) is 4.42. The molecule has 0 saturated carbocycles. The van der Waals surface area contributed by atoms with Gasteiger partial charge in [-0.1, -0.05) is 5.57 Å². The first-order valence-electron chi connectivity index (χ1n) is 8.37. The Morgan fingerprint density at radius 1 is 1.32 bits per heavy atom. The number of aliphatic hydroxyl groups excluding tert-OH is 1. The van der Waals surface area contributed by atoms with Crippen LogP contribution >= 0.6 is 0 Å². The van der Waals surface area contributed by atoms with Gasteiger partial charge in [0.15, 0.2) is 0 Å². The molecule has 0 amide bonds. The summed E-state index contributed by atoms with van der Waals surface area (Å²) in [5, 5.41) is 11.0. The summed E-state index contributed by atoms with van der Waals surface area (Å²) in [7, 11) is 1.60. The monoisotopic (exact) mass is 346 g/mol. The van der Waals surface area contributed by atoms with E-state index in [-0.39, 0.29) is 5.63 Å². The Bertz CT molecular complexity index is 788. The summed E-state index contributed by atoms with van der Waals surface area (Å²) < 4.78 is 16.1. The van der Waals surface area contributed by atoms with Crippen LogP contribution in [0, 0.1) is 0 Å². The van der Waals surface area contributed by atoms with Crippen LogP contribution in [0.5, 0.6) is 5.75 Å². The Morgan fingerprint density at radius 2 is 2.04 bits per heavy atom. The molecule has 5 heteroatoms. The van der Waals surface area contributed by atoms with E-state index in [2.05, 4.69) is 0 Å². The minimum atomic E-state index is -0.550. The molecule has 1 N–H and O–H groups in total. The maximum absolute atomic E-state index is 11.3. The number of ether oxygens (including phenoxy) is 2. The van der Waals surface area contributed by atoms with E-state index in [1.54, 1.807) is 19.2 Å². The molecule has 0 radical (unpaired) electrons. The highest BCUT2D eigenvalue weighted by molar-refractivity contribution is 5.77. The fourth-order valence-electron chi connectivity index (χ4n) is 2.36. The Balaban J connectivity index is 1.88. The van der Waals surface area contributed by atoms with Gasteiger partial charge in [-0.15, -0.1) is 0 Å². The van der Waals surface area contributed by atoms with Crippen molar-refractivity contribution in [3.8, 4) is 5.75 Å². The molecule has 0 saturated heterocycles. The molecule has 5 nitrogen and oxygen atoms in total. The van der Waals surface area contributed by atoms with E-state index in [0.717, 1.165) is 17.4 Å². The Morgan fingerprint density at radius 3 is 2.76 bits per heavy atom. The van der Waals surface area contributed by atoms with Gasteiger partial charge in [0.2, 0.25) is 0 Å². The van der Waals surface area contributed by atoms with Gasteiger partial charge in [0.1, 0.15) is 17.9 Å². The Hall–Kier alpha value is -2.11. The number of hydrogen-bond acceptors (Lipinski definition) is 5. The molecular weight excluding hydrogens is 320 g/mol. The van der Waals surface area contributed by atoms with Crippen molar-refractivity contribution >= 4 is 11.0 Å². The molecule has 1 aromatic heterocycles. The first-order chi connectivity index (χ1) is 11.8. The summed E-state index contributed by atoms with van der Waals surface area (Å²) in [6, 6.07) is 8.53. The zero-order valence-corrected chi connectivity index (χ0v) is 15.2. The zero-order chi connectivity index (χ0) is 18.4. The lowest BCUT2D eigenvalue weighted by atomic mass is 9.95. The van der Waals surface area contributed by atoms with Crippen LogP contribution in [-0.4, -0.2) is 30.5 Å². The quantitative estimate of drug-likeness (QED) is 0.583. The fourth-order valence-corrected chi connectivity index (χ4v) is 2.36. The van der Waals surface area contributed by atoms with Gasteiger partial charge in [0, 0.05) is 24.6 Å². The normalized spacial score (nSPS) is 13.9. The van der Waals surface area contributed by atoms with Crippen LogP contribution in [0.3, 0.4) is 0 Å². The van der Waals surface area contributed by atoms with Gasteiger partial charge in [0.05, 0.1) is 11.7 Å². The van der Waals surface area contributed by atoms with Crippen LogP contribution < -0.4 is 10.4 Å². The number of benzene rings is 1. The molecule has 25 heavy (non-hydrogen) atoms. The van der Waals surface area contributed by atoms with E-state index < -0.39 is 11.7 Å². The highest BCUT2D eigenvalue weighted by Gasteiger charge is 2.26. The molecule has 1 unspecified atom stereocenters. The summed E-state index contributed by atoms with van der Waals surface area (Å²) >= 11 is 0. The third kappa shape index (κ3) is 5.44. The van der Waals surface area contributed by atoms with Crippen molar-refractivity contribution in [1.29, 1.82) is 0 Å². The zero-order valence-electron chi connectivity index (χ0n) is 15.2. The lowest BCUT2D eigenvalue weighted by molar-refractivity contribution is -0.0797. The second kappa shape index (κ2) is 8.32. The first kappa shape index (κ1) is 19.2. The molecule has 2 aromatic rings. The predicted molar refractivity (Wildman–Crippen MR) is 98.1 cm³/mol. The predicted octanol–water partition coefficient (Wildman–Crippen LogP) is 3.68. The van der Waals surface area contributed by atoms with E-state index in [1.807, 2.05) is 39.0 Å². The Kier molecular flexibility index (Phi) is 6.39. The maximum Gasteiger partial charge on any atom is 0.336 e. The molecule has 0 aliphatic carbocycles. The fraction of sp³-hybridized carbons (Fsp3) is 0.450. The number of aliphatic hydroxyl groups is 1. The summed E-state index contributed by atoms with van der Waals surface area (Å²) in [5.74, 6) is 0.645. The summed E-state index contributed by atoms with van der Waals surface area (Å²) in [6.07, 6.45) is 2.86. The summed E-state index contributed by atoms with van der Waals surface area (Å²) in [6.45, 7) is 6.17. The van der Waals surface area contributed by atoms with Gasteiger partial charge in [-0.2, -0.15) is 0 Å². The highest BCUT2D eigenvalue weighted by atomic mass is 16.5. The van der Waals surface area contributed by atoms with Crippen molar-refractivity contribution in [2.24, 2.45) is 0 Å². The molecule has 1 heterocycles. The summed E-state index contributed by atoms with van der Waals surface area (Å²) in [4.78, 5) is 11.3. The lowest BCUT2D eigenvalue weighted by Crippen LogP contribution is -2.37. The van der Waals surface area contributed by atoms with Gasteiger partial charge in [-0.05, 0) is 57.9 Å². The molecular formula is C20H26O5. The standard InChI is InChI=1S/C20H26O5/c1-14(5-9-18(21)20(2,3)23-4)11-12-24-16-8-6-15-7-10-19(22)25-17(15)13-16/h6-8,10-11,13,18,21H,5,9,12H2,1-4H3. The van der Waals surface area contributed by atoms with Crippen LogP contribution in [0.2, 0.25) is 0 Å². The highest BCUT2D eigenvalue weighted by Crippen LogP contribution is 2.21. The van der Waals surface area contributed by atoms with Gasteiger partial charge in [-0.3, -0.25) is 0 Å². The van der Waals surface area contributed by atoms with Gasteiger partial charge >= 0.3 is 5.63 Å². The van der Waals surface area contributed by atoms with Crippen molar-refractivity contribution in [2.45, 2.75) is 45.3 Å². The van der Waals surface area contributed by atoms with Crippen LogP contribution in [0.1, 0.15) is 33.6 Å². The number of allylic oxidation sites excluding steroid dienone is 1. The first-order valence-corrected chi connectivity index (χ1v) is 8.37. The number of methoxy groups -OCH3 is 1. The van der Waals surface area contributed by atoms with Crippen molar-refractivity contribution in [3.05, 3.63) is 52.4 Å². The van der Waals surface area contributed by atoms with Crippen molar-refractivity contribution < 1.29 is 19.0 Å². The SMILES string of the molecule is COC(C)(C)C(O)CCC(C)=CCOc1ccc2ccc(=O)oc2c1. The van der Waals surface area contributed by atoms with Gasteiger partial charge < -0.3 is 19.0 Å². The molecule has 0 aliphatic rings. The Labute approximate surface area is 147 Å². The third-order valence-corrected chi connectivity index (χ3v) is 4.42. The minimum absolute atomic E-state index is 0.377. The smallest absolute Gasteiger partial charge is 0.336 e. The van der Waals surface area contributed by atoms with E-state index in [1.165, 1.54) is 6.07 Å². The topological polar surface area (TPSA) is 68.9 Å². The number of rotatable bonds is 8. The average Bonchev–Trinajstić information content (AvgIpc) is 2.59. The van der Waals surface area contributed by atoms with Crippen LogP contribution in [0.15, 0.2) is 51.2 Å². The second-order valence-electron chi connectivity index (χ2n) is 6.68. The van der Waals surface area contributed by atoms with Crippen LogP contribution in [0.4, 0.5) is 0 Å². The van der Waals surface area contributed by atoms with Crippen molar-refractivity contribution in [2.75, 3.05) is 13.7 Å². The van der Waals surface area contributed by atoms with Crippen LogP contribution in [0.25, 0.3) is 11.0 Å². The van der Waals surface area contributed by atoms with E-state index in [9.17, 15) is 9.90 Å². The van der Waals surface area contributed by atoms with E-state index in [0.29, 0.717) is 24.4 Å². The minimum Gasteiger partial charge on any atom is -0.489 e. The van der Waals surface area contributed by atoms with Crippen molar-refractivity contribution in [1.82, 2.24) is 0 Å². The molecule has 0 spiro atoms. The van der Waals surface area contributed by atoms with Crippen molar-refractivity contribution in [3.63, 3.8) is 0 Å². The molecule has 0 bridgehead atoms. The molecule has 0 aliphatic heterocycles. The average molecular weight is 346 g/mol. The maximum atomic E-state index is 11.3. The molecule has 1 atom stereocenters. The summed E-state index contributed by atoms with van der Waals surface area (Å²) in [5.41, 5.74) is 0.720. The molecule has 136 valence electrons. The van der Waals surface area contributed by atoms with Crippen LogP contribution in [-0.2, 0) is 4.74 Å². The molecule has 2 rings (SSSR count).